The van der Waals surface area contributed by atoms with E-state index in [0.29, 0.717) is 17.1 Å². The summed E-state index contributed by atoms with van der Waals surface area (Å²) < 4.78 is 18.9. The lowest BCUT2D eigenvalue weighted by atomic mass is 10.3. The Morgan fingerprint density at radius 3 is 3.06 bits per heavy atom. The van der Waals surface area contributed by atoms with Crippen molar-refractivity contribution in [3.05, 3.63) is 29.0 Å². The van der Waals surface area contributed by atoms with Crippen LogP contribution in [0, 0.1) is 5.82 Å². The van der Waals surface area contributed by atoms with Gasteiger partial charge < -0.3 is 4.74 Å². The molecule has 0 amide bonds. The lowest BCUT2D eigenvalue weighted by Crippen LogP contribution is -2.06. The van der Waals surface area contributed by atoms with E-state index in [4.69, 9.17) is 4.74 Å². The Hall–Kier alpha value is -1.49. The van der Waals surface area contributed by atoms with Crippen molar-refractivity contribution >= 4 is 27.5 Å². The highest BCUT2D eigenvalue weighted by molar-refractivity contribution is 7.18. The van der Waals surface area contributed by atoms with Crippen LogP contribution in [-0.2, 0) is 16.0 Å². The normalized spacial score (nSPS) is 10.6. The molecule has 0 saturated heterocycles. The molecule has 3 nitrogen and oxygen atoms in total. The number of rotatable bonds is 3. The molecule has 0 bridgehead atoms. The van der Waals surface area contributed by atoms with E-state index in [9.17, 15) is 9.18 Å². The smallest absolute Gasteiger partial charge is 0.312 e. The lowest BCUT2D eigenvalue weighted by Gasteiger charge is -1.97. The van der Waals surface area contributed by atoms with Crippen molar-refractivity contribution in [2.24, 2.45) is 0 Å². The third-order valence-corrected chi connectivity index (χ3v) is 3.04. The number of thiazole rings is 1. The van der Waals surface area contributed by atoms with Crippen LogP contribution in [0.2, 0.25) is 0 Å². The summed E-state index contributed by atoms with van der Waals surface area (Å²) in [5.74, 6) is -0.689. The summed E-state index contributed by atoms with van der Waals surface area (Å²) in [6, 6.07) is 4.77. The van der Waals surface area contributed by atoms with Gasteiger partial charge in [-0.25, -0.2) is 9.37 Å². The maximum atomic E-state index is 13.3. The summed E-state index contributed by atoms with van der Waals surface area (Å²) in [5.41, 5.74) is 0.326. The average molecular weight is 239 g/mol. The van der Waals surface area contributed by atoms with Crippen molar-refractivity contribution in [3.8, 4) is 0 Å². The monoisotopic (exact) mass is 239 g/mol. The van der Waals surface area contributed by atoms with E-state index < -0.39 is 0 Å². The van der Waals surface area contributed by atoms with Crippen LogP contribution in [0.4, 0.5) is 4.39 Å². The molecule has 0 radical (unpaired) electrons. The van der Waals surface area contributed by atoms with Crippen LogP contribution in [0.1, 0.15) is 11.9 Å². The Balaban J connectivity index is 2.26. The van der Waals surface area contributed by atoms with E-state index >= 15 is 0 Å². The molecule has 0 aliphatic rings. The molecule has 16 heavy (non-hydrogen) atoms. The first-order valence-corrected chi connectivity index (χ1v) is 5.72. The number of carbonyl (C=O) groups is 1. The van der Waals surface area contributed by atoms with Crippen molar-refractivity contribution in [2.75, 3.05) is 6.61 Å². The molecule has 0 N–H and O–H groups in total. The second-order valence-electron chi connectivity index (χ2n) is 3.18. The van der Waals surface area contributed by atoms with E-state index in [-0.39, 0.29) is 18.2 Å². The average Bonchev–Trinajstić information content (AvgIpc) is 2.62. The van der Waals surface area contributed by atoms with Crippen LogP contribution >= 0.6 is 11.3 Å². The van der Waals surface area contributed by atoms with Crippen LogP contribution in [0.5, 0.6) is 0 Å². The summed E-state index contributed by atoms with van der Waals surface area (Å²) in [4.78, 5) is 15.3. The van der Waals surface area contributed by atoms with Gasteiger partial charge in [0.2, 0.25) is 0 Å². The summed E-state index contributed by atoms with van der Waals surface area (Å²) in [6.07, 6.45) is 0.104. The zero-order valence-electron chi connectivity index (χ0n) is 8.70. The van der Waals surface area contributed by atoms with E-state index in [1.165, 1.54) is 17.4 Å². The molecule has 0 aliphatic carbocycles. The predicted molar refractivity (Wildman–Crippen MR) is 59.9 cm³/mol. The standard InChI is InChI=1S/C11H10FNO2S/c1-2-15-10(14)6-9-13-11-7(12)4-3-5-8(11)16-9/h3-5H,2,6H2,1H3. The van der Waals surface area contributed by atoms with Gasteiger partial charge in [0.1, 0.15) is 16.3 Å². The third kappa shape index (κ3) is 2.19. The first kappa shape index (κ1) is 11.0. The maximum Gasteiger partial charge on any atom is 0.312 e. The van der Waals surface area contributed by atoms with Gasteiger partial charge in [-0.1, -0.05) is 6.07 Å². The van der Waals surface area contributed by atoms with Gasteiger partial charge >= 0.3 is 5.97 Å². The zero-order chi connectivity index (χ0) is 11.5. The zero-order valence-corrected chi connectivity index (χ0v) is 9.51. The number of aromatic nitrogens is 1. The third-order valence-electron chi connectivity index (χ3n) is 2.01. The molecule has 0 spiro atoms. The molecule has 5 heteroatoms. The van der Waals surface area contributed by atoms with Crippen LogP contribution in [0.25, 0.3) is 10.2 Å². The number of carbonyl (C=O) groups excluding carboxylic acids is 1. The molecule has 1 aromatic heterocycles. The number of halogens is 1. The first-order valence-electron chi connectivity index (χ1n) is 4.90. The molecule has 2 rings (SSSR count). The minimum atomic E-state index is -0.358. The summed E-state index contributed by atoms with van der Waals surface area (Å²) in [6.45, 7) is 2.09. The minimum absolute atomic E-state index is 0.104. The van der Waals surface area contributed by atoms with Gasteiger partial charge in [0.25, 0.3) is 0 Å². The number of benzene rings is 1. The minimum Gasteiger partial charge on any atom is -0.466 e. The number of para-hydroxylation sites is 1. The van der Waals surface area contributed by atoms with Gasteiger partial charge in [0.15, 0.2) is 0 Å². The molecule has 84 valence electrons. The van der Waals surface area contributed by atoms with Gasteiger partial charge in [0.05, 0.1) is 17.7 Å². The topological polar surface area (TPSA) is 39.2 Å². The molecule has 0 fully saturated rings. The van der Waals surface area contributed by atoms with E-state index in [0.717, 1.165) is 4.70 Å². The van der Waals surface area contributed by atoms with Gasteiger partial charge in [-0.3, -0.25) is 4.79 Å². The van der Waals surface area contributed by atoms with Crippen molar-refractivity contribution in [2.45, 2.75) is 13.3 Å². The molecular weight excluding hydrogens is 229 g/mol. The van der Waals surface area contributed by atoms with Crippen molar-refractivity contribution in [1.82, 2.24) is 4.98 Å². The summed E-state index contributed by atoms with van der Waals surface area (Å²) in [7, 11) is 0. The van der Waals surface area contributed by atoms with E-state index in [1.807, 2.05) is 0 Å². The molecule has 0 unspecified atom stereocenters. The Labute approximate surface area is 95.9 Å². The molecule has 0 atom stereocenters. The van der Waals surface area contributed by atoms with Gasteiger partial charge in [-0.05, 0) is 19.1 Å². The fourth-order valence-electron chi connectivity index (χ4n) is 1.37. The second-order valence-corrected chi connectivity index (χ2v) is 4.29. The van der Waals surface area contributed by atoms with Crippen LogP contribution < -0.4 is 0 Å². The number of esters is 1. The van der Waals surface area contributed by atoms with Crippen LogP contribution in [-0.4, -0.2) is 17.6 Å². The van der Waals surface area contributed by atoms with Crippen molar-refractivity contribution in [1.29, 1.82) is 0 Å². The highest BCUT2D eigenvalue weighted by Crippen LogP contribution is 2.24. The lowest BCUT2D eigenvalue weighted by molar-refractivity contribution is -0.142. The number of nitrogens with zero attached hydrogens (tertiary/aromatic N) is 1. The number of hydrogen-bond acceptors (Lipinski definition) is 4. The summed E-state index contributed by atoms with van der Waals surface area (Å²) in [5, 5.41) is 0.582. The fourth-order valence-corrected chi connectivity index (χ4v) is 2.34. The van der Waals surface area contributed by atoms with Crippen molar-refractivity contribution in [3.63, 3.8) is 0 Å². The number of fused-ring (bicyclic) bond motifs is 1. The second kappa shape index (κ2) is 4.57. The van der Waals surface area contributed by atoms with Crippen molar-refractivity contribution < 1.29 is 13.9 Å². The Morgan fingerprint density at radius 2 is 2.38 bits per heavy atom. The van der Waals surface area contributed by atoms with Crippen LogP contribution in [0.15, 0.2) is 18.2 Å². The molecule has 0 saturated carbocycles. The van der Waals surface area contributed by atoms with Gasteiger partial charge in [0, 0.05) is 0 Å². The largest absolute Gasteiger partial charge is 0.466 e. The summed E-state index contributed by atoms with van der Waals surface area (Å²) >= 11 is 1.31. The number of hydrogen-bond donors (Lipinski definition) is 0. The highest BCUT2D eigenvalue weighted by atomic mass is 32.1. The fraction of sp³-hybridized carbons (Fsp3) is 0.273. The molecule has 1 aromatic carbocycles. The van der Waals surface area contributed by atoms with Gasteiger partial charge in [-0.15, -0.1) is 11.3 Å². The molecule has 1 heterocycles. The van der Waals surface area contributed by atoms with E-state index in [1.54, 1.807) is 19.1 Å². The Bertz CT molecular complexity index is 524. The predicted octanol–water partition coefficient (Wildman–Crippen LogP) is 2.54. The molecule has 0 aliphatic heterocycles. The highest BCUT2D eigenvalue weighted by Gasteiger charge is 2.11. The first-order chi connectivity index (χ1) is 7.70. The Kier molecular flexibility index (Phi) is 3.14. The van der Waals surface area contributed by atoms with Crippen LogP contribution in [0.3, 0.4) is 0 Å². The quantitative estimate of drug-likeness (QED) is 0.773. The maximum absolute atomic E-state index is 13.3. The molecular formula is C11H10FNO2S. The van der Waals surface area contributed by atoms with E-state index in [2.05, 4.69) is 4.98 Å². The SMILES string of the molecule is CCOC(=O)Cc1nc2c(F)cccc2s1. The van der Waals surface area contributed by atoms with Gasteiger partial charge in [-0.2, -0.15) is 0 Å². The number of ether oxygens (including phenoxy) is 1. The Morgan fingerprint density at radius 1 is 1.56 bits per heavy atom. The molecule has 2 aromatic rings.